The largest absolute Gasteiger partial charge is 0.408 e. The lowest BCUT2D eigenvalue weighted by Crippen LogP contribution is -2.17. The van der Waals surface area contributed by atoms with Crippen molar-refractivity contribution in [1.29, 1.82) is 0 Å². The number of hydrogen-bond acceptors (Lipinski definition) is 1. The smallest absolute Gasteiger partial charge is 0.263 e. The van der Waals surface area contributed by atoms with E-state index < -0.39 is 19.4 Å². The Kier molecular flexibility index (Phi) is 2.35. The fourth-order valence-electron chi connectivity index (χ4n) is 0.746. The fraction of sp³-hybridized carbons (Fsp3) is 0.500. The fourth-order valence-corrected chi connectivity index (χ4v) is 0.746. The summed E-state index contributed by atoms with van der Waals surface area (Å²) in [6, 6.07) is 0. The first-order valence-corrected chi connectivity index (χ1v) is 3.15. The Balaban J connectivity index is 2.64. The highest BCUT2D eigenvalue weighted by Gasteiger charge is 2.28. The number of rotatable bonds is 2. The lowest BCUT2D eigenvalue weighted by atomic mass is 10.4. The standard InChI is InChI=1S/C6H6F4N2/c7-1-5-2-11-12(3-5)4-6(8,9)10/h2-3H,1,4H2. The lowest BCUT2D eigenvalue weighted by Gasteiger charge is -2.04. The van der Waals surface area contributed by atoms with E-state index in [1.54, 1.807) is 0 Å². The van der Waals surface area contributed by atoms with Crippen molar-refractivity contribution in [1.82, 2.24) is 9.78 Å². The molecule has 0 aliphatic heterocycles. The molecule has 0 fully saturated rings. The van der Waals surface area contributed by atoms with Crippen molar-refractivity contribution in [3.8, 4) is 0 Å². The lowest BCUT2D eigenvalue weighted by molar-refractivity contribution is -0.142. The first-order chi connectivity index (χ1) is 5.51. The van der Waals surface area contributed by atoms with Crippen LogP contribution in [0.3, 0.4) is 0 Å². The Morgan fingerprint density at radius 3 is 2.50 bits per heavy atom. The predicted molar refractivity (Wildman–Crippen MR) is 33.1 cm³/mol. The molecule has 0 N–H and O–H groups in total. The van der Waals surface area contributed by atoms with Crippen LogP contribution in [0.25, 0.3) is 0 Å². The molecule has 0 saturated heterocycles. The van der Waals surface area contributed by atoms with Gasteiger partial charge in [0.15, 0.2) is 0 Å². The molecule has 6 heteroatoms. The zero-order chi connectivity index (χ0) is 9.19. The van der Waals surface area contributed by atoms with Crippen LogP contribution in [0.2, 0.25) is 0 Å². The molecule has 0 aromatic carbocycles. The maximum absolute atomic E-state index is 11.8. The van der Waals surface area contributed by atoms with Crippen LogP contribution >= 0.6 is 0 Å². The normalized spacial score (nSPS) is 12.0. The molecule has 0 radical (unpaired) electrons. The molecule has 1 heterocycles. The molecule has 2 nitrogen and oxygen atoms in total. The summed E-state index contributed by atoms with van der Waals surface area (Å²) in [5, 5.41) is 3.33. The summed E-state index contributed by atoms with van der Waals surface area (Å²) in [4.78, 5) is 0. The Morgan fingerprint density at radius 2 is 2.08 bits per heavy atom. The minimum Gasteiger partial charge on any atom is -0.263 e. The van der Waals surface area contributed by atoms with Crippen molar-refractivity contribution in [3.63, 3.8) is 0 Å². The summed E-state index contributed by atoms with van der Waals surface area (Å²) in [5.41, 5.74) is 0.152. The van der Waals surface area contributed by atoms with Gasteiger partial charge < -0.3 is 0 Å². The third-order valence-electron chi connectivity index (χ3n) is 1.18. The van der Waals surface area contributed by atoms with Gasteiger partial charge in [-0.25, -0.2) is 4.39 Å². The topological polar surface area (TPSA) is 17.8 Å². The highest BCUT2D eigenvalue weighted by Crippen LogP contribution is 2.17. The van der Waals surface area contributed by atoms with Crippen molar-refractivity contribution in [2.75, 3.05) is 0 Å². The predicted octanol–water partition coefficient (Wildman–Crippen LogP) is 1.91. The van der Waals surface area contributed by atoms with E-state index in [2.05, 4.69) is 5.10 Å². The first-order valence-electron chi connectivity index (χ1n) is 3.15. The van der Waals surface area contributed by atoms with E-state index in [0.717, 1.165) is 12.4 Å². The molecule has 1 aromatic heterocycles. The van der Waals surface area contributed by atoms with Gasteiger partial charge in [0.2, 0.25) is 0 Å². The van der Waals surface area contributed by atoms with Gasteiger partial charge in [0.1, 0.15) is 13.2 Å². The molecule has 0 bridgehead atoms. The molecule has 0 amide bonds. The number of nitrogens with zero attached hydrogens (tertiary/aromatic N) is 2. The van der Waals surface area contributed by atoms with Crippen molar-refractivity contribution in [2.24, 2.45) is 0 Å². The highest BCUT2D eigenvalue weighted by atomic mass is 19.4. The van der Waals surface area contributed by atoms with Gasteiger partial charge in [0, 0.05) is 11.8 Å². The van der Waals surface area contributed by atoms with Crippen molar-refractivity contribution in [3.05, 3.63) is 18.0 Å². The zero-order valence-electron chi connectivity index (χ0n) is 5.98. The SMILES string of the molecule is FCc1cnn(CC(F)(F)F)c1. The van der Waals surface area contributed by atoms with Gasteiger partial charge in [-0.05, 0) is 0 Å². The Bertz CT molecular complexity index is 252. The van der Waals surface area contributed by atoms with Crippen LogP contribution in [-0.4, -0.2) is 16.0 Å². The summed E-state index contributed by atoms with van der Waals surface area (Å²) < 4.78 is 47.6. The van der Waals surface area contributed by atoms with Gasteiger partial charge in [-0.3, -0.25) is 4.68 Å². The Morgan fingerprint density at radius 1 is 1.42 bits per heavy atom. The van der Waals surface area contributed by atoms with Crippen molar-refractivity contribution in [2.45, 2.75) is 19.4 Å². The monoisotopic (exact) mass is 182 g/mol. The molecular formula is C6H6F4N2. The number of halogens is 4. The van der Waals surface area contributed by atoms with E-state index in [9.17, 15) is 17.6 Å². The molecule has 0 aliphatic carbocycles. The summed E-state index contributed by atoms with van der Waals surface area (Å²) in [7, 11) is 0. The van der Waals surface area contributed by atoms with Crippen LogP contribution in [0, 0.1) is 0 Å². The molecule has 0 saturated carbocycles. The van der Waals surface area contributed by atoms with Crippen molar-refractivity contribution >= 4 is 0 Å². The van der Waals surface area contributed by atoms with Gasteiger partial charge in [-0.15, -0.1) is 0 Å². The van der Waals surface area contributed by atoms with Crippen LogP contribution in [0.1, 0.15) is 5.56 Å². The van der Waals surface area contributed by atoms with Crippen LogP contribution in [0.5, 0.6) is 0 Å². The second-order valence-corrected chi connectivity index (χ2v) is 2.29. The van der Waals surface area contributed by atoms with Crippen LogP contribution in [0.15, 0.2) is 12.4 Å². The number of alkyl halides is 4. The molecule has 1 aromatic rings. The molecule has 12 heavy (non-hydrogen) atoms. The quantitative estimate of drug-likeness (QED) is 0.639. The first kappa shape index (κ1) is 9.02. The Hall–Kier alpha value is -1.07. The molecule has 0 aliphatic rings. The van der Waals surface area contributed by atoms with Crippen LogP contribution in [-0.2, 0) is 13.2 Å². The summed E-state index contributed by atoms with van der Waals surface area (Å²) >= 11 is 0. The third kappa shape index (κ3) is 2.52. The van der Waals surface area contributed by atoms with Gasteiger partial charge in [0.25, 0.3) is 0 Å². The third-order valence-corrected chi connectivity index (χ3v) is 1.18. The van der Waals surface area contributed by atoms with E-state index >= 15 is 0 Å². The summed E-state index contributed by atoms with van der Waals surface area (Å²) in [6.07, 6.45) is -2.20. The molecule has 0 atom stereocenters. The van der Waals surface area contributed by atoms with E-state index in [4.69, 9.17) is 0 Å². The van der Waals surface area contributed by atoms with Gasteiger partial charge in [-0.1, -0.05) is 0 Å². The summed E-state index contributed by atoms with van der Waals surface area (Å²) in [5.74, 6) is 0. The van der Waals surface area contributed by atoms with E-state index in [1.807, 2.05) is 0 Å². The van der Waals surface area contributed by atoms with Crippen LogP contribution in [0.4, 0.5) is 17.6 Å². The minimum atomic E-state index is -4.31. The maximum Gasteiger partial charge on any atom is 0.408 e. The highest BCUT2D eigenvalue weighted by molar-refractivity contribution is 5.01. The molecule has 68 valence electrons. The van der Waals surface area contributed by atoms with E-state index in [1.165, 1.54) is 0 Å². The van der Waals surface area contributed by atoms with Gasteiger partial charge in [-0.2, -0.15) is 18.3 Å². The second-order valence-electron chi connectivity index (χ2n) is 2.29. The number of aromatic nitrogens is 2. The second kappa shape index (κ2) is 3.12. The average Bonchev–Trinajstić information content (AvgIpc) is 2.32. The zero-order valence-corrected chi connectivity index (χ0v) is 5.98. The van der Waals surface area contributed by atoms with E-state index in [0.29, 0.717) is 4.68 Å². The van der Waals surface area contributed by atoms with Crippen LogP contribution < -0.4 is 0 Å². The van der Waals surface area contributed by atoms with Gasteiger partial charge >= 0.3 is 6.18 Å². The Labute approximate surface area is 65.8 Å². The molecular weight excluding hydrogens is 176 g/mol. The minimum absolute atomic E-state index is 0.152. The molecule has 1 rings (SSSR count). The average molecular weight is 182 g/mol. The van der Waals surface area contributed by atoms with Gasteiger partial charge in [0.05, 0.1) is 6.20 Å². The molecule has 0 unspecified atom stereocenters. The van der Waals surface area contributed by atoms with E-state index in [-0.39, 0.29) is 5.56 Å². The number of hydrogen-bond donors (Lipinski definition) is 0. The summed E-state index contributed by atoms with van der Waals surface area (Å²) in [6.45, 7) is -1.97. The maximum atomic E-state index is 11.8. The molecule has 0 spiro atoms. The van der Waals surface area contributed by atoms with Crippen molar-refractivity contribution < 1.29 is 17.6 Å².